The van der Waals surface area contributed by atoms with E-state index in [0.29, 0.717) is 30.6 Å². The number of nitrogens with two attached hydrogens (primary N) is 1. The van der Waals surface area contributed by atoms with Gasteiger partial charge in [-0.25, -0.2) is 8.42 Å². The molecule has 9 nitrogen and oxygen atoms in total. The molecule has 2 atom stereocenters. The molecule has 13 heteroatoms. The lowest BCUT2D eigenvalue weighted by Gasteiger charge is -2.40. The number of rotatable bonds is 9. The smallest absolute Gasteiger partial charge is 0.365 e. The van der Waals surface area contributed by atoms with Gasteiger partial charge in [0, 0.05) is 36.1 Å². The predicted molar refractivity (Wildman–Crippen MR) is 135 cm³/mol. The Morgan fingerprint density at radius 3 is 2.24 bits per heavy atom. The molecule has 206 valence electrons. The van der Waals surface area contributed by atoms with Crippen molar-refractivity contribution in [3.8, 4) is 0 Å². The minimum absolute atomic E-state index is 0.0616. The Labute approximate surface area is 219 Å². The van der Waals surface area contributed by atoms with Gasteiger partial charge >= 0.3 is 5.51 Å². The number of amides is 1. The number of alkyl halides is 3. The van der Waals surface area contributed by atoms with Crippen molar-refractivity contribution in [2.24, 2.45) is 17.6 Å². The number of nitrogens with zero attached hydrogens (tertiary/aromatic N) is 3. The van der Waals surface area contributed by atoms with Crippen molar-refractivity contribution in [3.63, 3.8) is 0 Å². The molecule has 0 bridgehead atoms. The van der Waals surface area contributed by atoms with Crippen molar-refractivity contribution in [3.05, 3.63) is 36.0 Å². The standard InChI is InChI=1S/C25H31F3N6O3S/c1-33(22(14-2-3-14)15-4-5-15)17-8-11-21(20(29)12-17)34-13-19(23(30)35)24(32-34)31-16-6-9-18(10-7-16)38(36,37)25(26,27)28/h6-7,9-10,13-15,17,21-22,29H,2-5,8,11-12H2,1H3,(H2,30,35)(H,31,32)/t17-,21-/m0/s1. The van der Waals surface area contributed by atoms with E-state index in [2.05, 4.69) is 22.4 Å². The van der Waals surface area contributed by atoms with Gasteiger partial charge < -0.3 is 16.5 Å². The van der Waals surface area contributed by atoms with E-state index in [1.165, 1.54) is 31.9 Å². The molecule has 2 aromatic rings. The second kappa shape index (κ2) is 9.67. The lowest BCUT2D eigenvalue weighted by atomic mass is 9.87. The van der Waals surface area contributed by atoms with Crippen LogP contribution in [0.15, 0.2) is 35.4 Å². The first kappa shape index (κ1) is 26.7. The van der Waals surface area contributed by atoms with Crippen LogP contribution in [-0.2, 0) is 9.84 Å². The van der Waals surface area contributed by atoms with Gasteiger partial charge in [-0.05, 0) is 81.7 Å². The van der Waals surface area contributed by atoms with Gasteiger partial charge in [0.1, 0.15) is 5.56 Å². The Balaban J connectivity index is 1.30. The predicted octanol–water partition coefficient (Wildman–Crippen LogP) is 4.25. The lowest BCUT2D eigenvalue weighted by Crippen LogP contribution is -2.46. The van der Waals surface area contributed by atoms with Crippen molar-refractivity contribution in [1.29, 1.82) is 5.41 Å². The van der Waals surface area contributed by atoms with Crippen LogP contribution in [0.5, 0.6) is 0 Å². The molecule has 1 aromatic heterocycles. The van der Waals surface area contributed by atoms with Crippen LogP contribution >= 0.6 is 0 Å². The van der Waals surface area contributed by atoms with Crippen LogP contribution in [0.4, 0.5) is 24.7 Å². The molecule has 0 saturated heterocycles. The van der Waals surface area contributed by atoms with E-state index in [4.69, 9.17) is 11.1 Å². The lowest BCUT2D eigenvalue weighted by molar-refractivity contribution is -0.0436. The first-order valence-corrected chi connectivity index (χ1v) is 14.2. The van der Waals surface area contributed by atoms with Crippen LogP contribution in [0.25, 0.3) is 0 Å². The zero-order chi connectivity index (χ0) is 27.4. The van der Waals surface area contributed by atoms with Crippen LogP contribution < -0.4 is 11.1 Å². The Kier molecular flexibility index (Phi) is 6.79. The summed E-state index contributed by atoms with van der Waals surface area (Å²) in [6, 6.07) is 4.52. The Morgan fingerprint density at radius 1 is 1.13 bits per heavy atom. The third-order valence-electron chi connectivity index (χ3n) is 7.94. The molecule has 0 aliphatic heterocycles. The Hall–Kier alpha value is -2.93. The summed E-state index contributed by atoms with van der Waals surface area (Å²) >= 11 is 0. The molecular weight excluding hydrogens is 521 g/mol. The van der Waals surface area contributed by atoms with E-state index in [1.807, 2.05) is 0 Å². The topological polar surface area (TPSA) is 134 Å². The number of primary amides is 1. The highest BCUT2D eigenvalue weighted by atomic mass is 32.2. The number of hydrogen-bond donors (Lipinski definition) is 3. The van der Waals surface area contributed by atoms with Gasteiger partial charge in [0.05, 0.1) is 10.9 Å². The SMILES string of the molecule is CN(C(C1CC1)C1CC1)[C@H]1CC[C@H](n2cc(C(N)=O)c(Nc3ccc(S(=O)(=O)C(F)(F)F)cc3)n2)C(=N)C1. The fraction of sp³-hybridized carbons (Fsp3) is 0.560. The van der Waals surface area contributed by atoms with Gasteiger partial charge in [-0.2, -0.15) is 18.3 Å². The molecule has 0 spiro atoms. The number of nitrogens with one attached hydrogen (secondary N) is 2. The van der Waals surface area contributed by atoms with Crippen molar-refractivity contribution >= 4 is 33.0 Å². The molecule has 1 heterocycles. The van der Waals surface area contributed by atoms with Crippen molar-refractivity contribution < 1.29 is 26.4 Å². The molecule has 1 amide bonds. The van der Waals surface area contributed by atoms with Crippen LogP contribution in [0, 0.1) is 17.2 Å². The summed E-state index contributed by atoms with van der Waals surface area (Å²) in [6.07, 6.45) is 8.82. The van der Waals surface area contributed by atoms with Gasteiger partial charge in [0.25, 0.3) is 15.7 Å². The van der Waals surface area contributed by atoms with E-state index in [1.54, 1.807) is 4.68 Å². The molecule has 5 rings (SSSR count). The van der Waals surface area contributed by atoms with Crippen LogP contribution in [0.2, 0.25) is 0 Å². The first-order valence-electron chi connectivity index (χ1n) is 12.7. The molecule has 3 fully saturated rings. The molecule has 38 heavy (non-hydrogen) atoms. The van der Waals surface area contributed by atoms with Gasteiger partial charge in [-0.15, -0.1) is 0 Å². The summed E-state index contributed by atoms with van der Waals surface area (Å²) in [6.45, 7) is 0. The number of hydrogen-bond acceptors (Lipinski definition) is 7. The summed E-state index contributed by atoms with van der Waals surface area (Å²) in [4.78, 5) is 13.7. The van der Waals surface area contributed by atoms with Crippen LogP contribution in [0.3, 0.4) is 0 Å². The fourth-order valence-corrected chi connectivity index (χ4v) is 6.40. The van der Waals surface area contributed by atoms with Crippen molar-refractivity contribution in [2.75, 3.05) is 12.4 Å². The maximum Gasteiger partial charge on any atom is 0.501 e. The first-order chi connectivity index (χ1) is 17.9. The number of halogens is 3. The average Bonchev–Trinajstić information content (AvgIpc) is 3.79. The summed E-state index contributed by atoms with van der Waals surface area (Å²) in [7, 11) is -3.29. The van der Waals surface area contributed by atoms with E-state index >= 15 is 0 Å². The summed E-state index contributed by atoms with van der Waals surface area (Å²) in [5.41, 5.74) is 0.941. The third-order valence-corrected chi connectivity index (χ3v) is 9.44. The second-order valence-corrected chi connectivity index (χ2v) is 12.6. The number of carbonyl (C=O) groups is 1. The molecule has 3 aliphatic carbocycles. The minimum Gasteiger partial charge on any atom is -0.365 e. The molecular formula is C25H31F3N6O3S. The van der Waals surface area contributed by atoms with E-state index in [0.717, 1.165) is 42.5 Å². The van der Waals surface area contributed by atoms with Crippen molar-refractivity contribution in [1.82, 2.24) is 14.7 Å². The second-order valence-electron chi connectivity index (χ2n) is 10.6. The highest BCUT2D eigenvalue weighted by molar-refractivity contribution is 7.92. The highest BCUT2D eigenvalue weighted by Crippen LogP contribution is 2.48. The summed E-state index contributed by atoms with van der Waals surface area (Å²) < 4.78 is 63.2. The Morgan fingerprint density at radius 2 is 1.74 bits per heavy atom. The van der Waals surface area contributed by atoms with Gasteiger partial charge in [-0.3, -0.25) is 14.4 Å². The largest absolute Gasteiger partial charge is 0.501 e. The number of anilines is 2. The summed E-state index contributed by atoms with van der Waals surface area (Å²) in [5.74, 6) is 0.880. The zero-order valence-electron chi connectivity index (χ0n) is 20.9. The maximum absolute atomic E-state index is 12.8. The van der Waals surface area contributed by atoms with Gasteiger partial charge in [0.2, 0.25) is 0 Å². The monoisotopic (exact) mass is 552 g/mol. The number of aromatic nitrogens is 2. The minimum atomic E-state index is -5.47. The highest BCUT2D eigenvalue weighted by Gasteiger charge is 2.47. The molecule has 4 N–H and O–H groups in total. The van der Waals surface area contributed by atoms with E-state index < -0.39 is 26.1 Å². The van der Waals surface area contributed by atoms with Crippen LogP contribution in [-0.4, -0.2) is 59.4 Å². The van der Waals surface area contributed by atoms with Gasteiger partial charge in [-0.1, -0.05) is 0 Å². The molecule has 0 radical (unpaired) electrons. The van der Waals surface area contributed by atoms with Crippen molar-refractivity contribution in [2.45, 2.75) is 73.5 Å². The quantitative estimate of drug-likeness (QED) is 0.426. The zero-order valence-corrected chi connectivity index (χ0v) is 21.7. The molecule has 0 unspecified atom stereocenters. The molecule has 1 aromatic carbocycles. The van der Waals surface area contributed by atoms with E-state index in [-0.39, 0.29) is 23.1 Å². The number of carbonyl (C=O) groups excluding carboxylic acids is 1. The third kappa shape index (κ3) is 5.18. The van der Waals surface area contributed by atoms with Gasteiger partial charge in [0.15, 0.2) is 5.82 Å². The number of sulfone groups is 1. The molecule has 3 aliphatic rings. The average molecular weight is 553 g/mol. The van der Waals surface area contributed by atoms with Crippen LogP contribution in [0.1, 0.15) is 61.3 Å². The van der Waals surface area contributed by atoms with E-state index in [9.17, 15) is 26.4 Å². The fourth-order valence-electron chi connectivity index (χ4n) is 5.64. The Bertz CT molecular complexity index is 1320. The summed E-state index contributed by atoms with van der Waals surface area (Å²) in [5, 5.41) is 16.0. The normalized spacial score (nSPS) is 22.7. The maximum atomic E-state index is 12.8. The number of benzene rings is 1. The molecule has 3 saturated carbocycles.